The van der Waals surface area contributed by atoms with Crippen molar-refractivity contribution in [2.45, 2.75) is 52.5 Å². The summed E-state index contributed by atoms with van der Waals surface area (Å²) in [6.07, 6.45) is 0.787. The molecule has 0 aliphatic heterocycles. The van der Waals surface area contributed by atoms with Gasteiger partial charge in [0.05, 0.1) is 0 Å². The van der Waals surface area contributed by atoms with Crippen LogP contribution in [-0.4, -0.2) is 30.7 Å². The van der Waals surface area contributed by atoms with E-state index in [4.69, 9.17) is 12.2 Å². The third-order valence-electron chi connectivity index (χ3n) is 3.02. The first-order valence-corrected chi connectivity index (χ1v) is 8.21. The molecule has 0 aromatic carbocycles. The molecule has 2 N–H and O–H groups in total. The molecule has 0 unspecified atom stereocenters. The zero-order chi connectivity index (χ0) is 15.6. The van der Waals surface area contributed by atoms with Crippen molar-refractivity contribution in [3.05, 3.63) is 16.4 Å². The minimum Gasteiger partial charge on any atom is -0.360 e. The minimum absolute atomic E-state index is 0.0173. The average molecular weight is 326 g/mol. The molecule has 0 radical (unpaired) electrons. The lowest BCUT2D eigenvalue weighted by molar-refractivity contribution is 0.554. The van der Waals surface area contributed by atoms with Gasteiger partial charge in [0.25, 0.3) is 0 Å². The zero-order valence-electron chi connectivity index (χ0n) is 13.1. The maximum atomic E-state index is 5.24. The molecule has 0 aliphatic rings. The summed E-state index contributed by atoms with van der Waals surface area (Å²) in [7, 11) is 0. The van der Waals surface area contributed by atoms with E-state index < -0.39 is 0 Å². The van der Waals surface area contributed by atoms with Gasteiger partial charge in [-0.05, 0) is 26.1 Å². The Balaban J connectivity index is 1.96. The maximum absolute atomic E-state index is 5.24. The summed E-state index contributed by atoms with van der Waals surface area (Å²) in [5, 5.41) is 11.3. The van der Waals surface area contributed by atoms with Gasteiger partial charge in [0.15, 0.2) is 4.77 Å². The van der Waals surface area contributed by atoms with Crippen molar-refractivity contribution in [2.24, 2.45) is 0 Å². The van der Waals surface area contributed by atoms with Crippen LogP contribution in [0.4, 0.5) is 5.13 Å². The quantitative estimate of drug-likeness (QED) is 0.825. The molecule has 0 atom stereocenters. The van der Waals surface area contributed by atoms with Crippen molar-refractivity contribution in [1.82, 2.24) is 24.1 Å². The molecule has 8 heteroatoms. The van der Waals surface area contributed by atoms with E-state index in [1.807, 2.05) is 4.57 Å². The molecule has 0 aliphatic carbocycles. The van der Waals surface area contributed by atoms with Crippen LogP contribution < -0.4 is 5.32 Å². The van der Waals surface area contributed by atoms with Crippen LogP contribution in [0, 0.1) is 4.77 Å². The SMILES string of the molecule is CC(C)n1c(CCNc2nc(C(C)(C)C)ns2)n[nH]c1=S. The van der Waals surface area contributed by atoms with E-state index in [2.05, 4.69) is 59.5 Å². The Hall–Kier alpha value is -1.28. The fourth-order valence-electron chi connectivity index (χ4n) is 1.93. The highest BCUT2D eigenvalue weighted by molar-refractivity contribution is 7.71. The second-order valence-corrected chi connectivity index (χ2v) is 7.40. The molecule has 0 bridgehead atoms. The van der Waals surface area contributed by atoms with E-state index in [1.165, 1.54) is 11.5 Å². The number of nitrogens with zero attached hydrogens (tertiary/aromatic N) is 4. The van der Waals surface area contributed by atoms with Gasteiger partial charge in [0.2, 0.25) is 5.13 Å². The van der Waals surface area contributed by atoms with Crippen LogP contribution in [0.15, 0.2) is 0 Å². The molecule has 2 aromatic heterocycles. The third-order valence-corrected chi connectivity index (χ3v) is 3.98. The Morgan fingerprint density at radius 2 is 2.10 bits per heavy atom. The number of nitrogens with one attached hydrogen (secondary N) is 2. The normalized spacial score (nSPS) is 12.1. The predicted octanol–water partition coefficient (Wildman–Crippen LogP) is 3.33. The molecule has 21 heavy (non-hydrogen) atoms. The summed E-state index contributed by atoms with van der Waals surface area (Å²) in [6, 6.07) is 0.306. The number of anilines is 1. The zero-order valence-corrected chi connectivity index (χ0v) is 14.7. The molecule has 2 rings (SSSR count). The number of aromatic nitrogens is 5. The molecule has 0 fully saturated rings. The van der Waals surface area contributed by atoms with Crippen molar-refractivity contribution in [3.63, 3.8) is 0 Å². The standard InChI is InChI=1S/C13H22N6S2/c1-8(2)19-9(16-17-12(19)20)6-7-14-11-15-10(18-21-11)13(3,4)5/h8H,6-7H2,1-5H3,(H,17,20)(H,14,15,18). The van der Waals surface area contributed by atoms with E-state index in [9.17, 15) is 0 Å². The summed E-state index contributed by atoms with van der Waals surface area (Å²) < 4.78 is 7.10. The lowest BCUT2D eigenvalue weighted by atomic mass is 9.96. The van der Waals surface area contributed by atoms with Crippen LogP contribution in [0.25, 0.3) is 0 Å². The lowest BCUT2D eigenvalue weighted by Gasteiger charge is -2.12. The van der Waals surface area contributed by atoms with E-state index in [-0.39, 0.29) is 5.41 Å². The first-order valence-electron chi connectivity index (χ1n) is 7.03. The van der Waals surface area contributed by atoms with Crippen molar-refractivity contribution < 1.29 is 0 Å². The van der Waals surface area contributed by atoms with Gasteiger partial charge in [0.1, 0.15) is 11.6 Å². The lowest BCUT2D eigenvalue weighted by Crippen LogP contribution is -2.14. The number of aromatic amines is 1. The highest BCUT2D eigenvalue weighted by atomic mass is 32.1. The smallest absolute Gasteiger partial charge is 0.202 e. The molecule has 6 nitrogen and oxygen atoms in total. The first kappa shape index (κ1) is 16.1. The van der Waals surface area contributed by atoms with Gasteiger partial charge >= 0.3 is 0 Å². The fourth-order valence-corrected chi connectivity index (χ4v) is 3.07. The number of hydrogen-bond donors (Lipinski definition) is 2. The molecule has 2 heterocycles. The van der Waals surface area contributed by atoms with E-state index in [1.54, 1.807) is 0 Å². The van der Waals surface area contributed by atoms with Crippen LogP contribution in [0.3, 0.4) is 0 Å². The van der Waals surface area contributed by atoms with Crippen LogP contribution in [-0.2, 0) is 11.8 Å². The van der Waals surface area contributed by atoms with Gasteiger partial charge in [-0.1, -0.05) is 20.8 Å². The Labute approximate surface area is 134 Å². The van der Waals surface area contributed by atoms with Crippen molar-refractivity contribution in [2.75, 3.05) is 11.9 Å². The Morgan fingerprint density at radius 1 is 1.38 bits per heavy atom. The van der Waals surface area contributed by atoms with Gasteiger partial charge in [-0.3, -0.25) is 5.10 Å². The molecule has 0 amide bonds. The Kier molecular flexibility index (Phi) is 4.77. The van der Waals surface area contributed by atoms with E-state index >= 15 is 0 Å². The van der Waals surface area contributed by atoms with Gasteiger partial charge < -0.3 is 9.88 Å². The predicted molar refractivity (Wildman–Crippen MR) is 88.6 cm³/mol. The summed E-state index contributed by atoms with van der Waals surface area (Å²) in [6.45, 7) is 11.3. The minimum atomic E-state index is -0.0173. The number of H-pyrrole nitrogens is 1. The second-order valence-electron chi connectivity index (χ2n) is 6.26. The van der Waals surface area contributed by atoms with Crippen molar-refractivity contribution in [3.8, 4) is 0 Å². The maximum Gasteiger partial charge on any atom is 0.202 e. The highest BCUT2D eigenvalue weighted by Gasteiger charge is 2.19. The number of hydrogen-bond acceptors (Lipinski definition) is 6. The molecular weight excluding hydrogens is 304 g/mol. The molecule has 0 spiro atoms. The van der Waals surface area contributed by atoms with Crippen molar-refractivity contribution >= 4 is 28.9 Å². The van der Waals surface area contributed by atoms with Gasteiger partial charge in [0, 0.05) is 36.0 Å². The summed E-state index contributed by atoms with van der Waals surface area (Å²) in [5.41, 5.74) is -0.0173. The highest BCUT2D eigenvalue weighted by Crippen LogP contribution is 2.22. The Bertz CT molecular complexity index is 646. The Morgan fingerprint density at radius 3 is 2.67 bits per heavy atom. The molecule has 0 saturated heterocycles. The largest absolute Gasteiger partial charge is 0.360 e. The fraction of sp³-hybridized carbons (Fsp3) is 0.692. The van der Waals surface area contributed by atoms with Gasteiger partial charge in [-0.25, -0.2) is 4.98 Å². The topological polar surface area (TPSA) is 71.4 Å². The molecular formula is C13H22N6S2. The van der Waals surface area contributed by atoms with Crippen molar-refractivity contribution in [1.29, 1.82) is 0 Å². The summed E-state index contributed by atoms with van der Waals surface area (Å²) >= 11 is 6.64. The van der Waals surface area contributed by atoms with Gasteiger partial charge in [-0.15, -0.1) is 0 Å². The summed E-state index contributed by atoms with van der Waals surface area (Å²) in [4.78, 5) is 4.52. The van der Waals surface area contributed by atoms with E-state index in [0.29, 0.717) is 10.8 Å². The van der Waals surface area contributed by atoms with Crippen LogP contribution in [0.1, 0.15) is 52.3 Å². The van der Waals surface area contributed by atoms with Crippen LogP contribution in [0.2, 0.25) is 0 Å². The van der Waals surface area contributed by atoms with Crippen LogP contribution >= 0.6 is 23.8 Å². The van der Waals surface area contributed by atoms with Gasteiger partial charge in [-0.2, -0.15) is 9.47 Å². The monoisotopic (exact) mass is 326 g/mol. The number of rotatable bonds is 5. The second kappa shape index (κ2) is 6.23. The third kappa shape index (κ3) is 3.88. The van der Waals surface area contributed by atoms with E-state index in [0.717, 1.165) is 29.7 Å². The average Bonchev–Trinajstić information content (AvgIpc) is 2.96. The molecule has 0 saturated carbocycles. The first-order chi connectivity index (χ1) is 9.79. The van der Waals surface area contributed by atoms with Crippen LogP contribution in [0.5, 0.6) is 0 Å². The molecule has 116 valence electrons. The summed E-state index contributed by atoms with van der Waals surface area (Å²) in [5.74, 6) is 1.84. The molecule has 2 aromatic rings.